The van der Waals surface area contributed by atoms with Gasteiger partial charge in [0.2, 0.25) is 0 Å². The molecule has 0 spiro atoms. The van der Waals surface area contributed by atoms with Gasteiger partial charge in [-0.05, 0) is 26.9 Å². The van der Waals surface area contributed by atoms with Crippen molar-refractivity contribution < 1.29 is 9.53 Å². The Labute approximate surface area is 85.8 Å². The van der Waals surface area contributed by atoms with Gasteiger partial charge in [0, 0.05) is 19.6 Å². The van der Waals surface area contributed by atoms with Crippen molar-refractivity contribution in [2.75, 3.05) is 46.4 Å². The Morgan fingerprint density at radius 2 is 2.07 bits per heavy atom. The molecule has 0 aromatic heterocycles. The zero-order chi connectivity index (χ0) is 10.4. The lowest BCUT2D eigenvalue weighted by Gasteiger charge is -2.18. The van der Waals surface area contributed by atoms with Crippen LogP contribution in [0.3, 0.4) is 0 Å². The maximum absolute atomic E-state index is 11.2. The summed E-state index contributed by atoms with van der Waals surface area (Å²) in [5.74, 6) is -0.1000. The van der Waals surface area contributed by atoms with Gasteiger partial charge >= 0.3 is 5.97 Å². The summed E-state index contributed by atoms with van der Waals surface area (Å²) in [6.07, 6.45) is 1.13. The third kappa shape index (κ3) is 4.07. The van der Waals surface area contributed by atoms with E-state index in [9.17, 15) is 4.79 Å². The van der Waals surface area contributed by atoms with Crippen molar-refractivity contribution in [1.29, 1.82) is 0 Å². The number of likely N-dealkylation sites (N-methyl/N-ethyl adjacent to an activating group) is 1. The fourth-order valence-electron chi connectivity index (χ4n) is 1.65. The molecule has 0 atom stereocenters. The van der Waals surface area contributed by atoms with E-state index in [4.69, 9.17) is 4.74 Å². The van der Waals surface area contributed by atoms with E-state index in [2.05, 4.69) is 16.8 Å². The average Bonchev–Trinajstić information content (AvgIpc) is 2.32. The summed E-state index contributed by atoms with van der Waals surface area (Å²) in [4.78, 5) is 15.7. The molecule has 1 saturated heterocycles. The number of esters is 1. The van der Waals surface area contributed by atoms with E-state index >= 15 is 0 Å². The molecule has 1 heterocycles. The highest BCUT2D eigenvalue weighted by Gasteiger charge is 2.15. The van der Waals surface area contributed by atoms with E-state index < -0.39 is 0 Å². The Morgan fingerprint density at radius 3 is 2.79 bits per heavy atom. The standard InChI is InChI=1S/C10H20N2O2/c1-3-14-10(13)9-12-6-4-5-11(2)7-8-12/h3-9H2,1-2H3. The van der Waals surface area contributed by atoms with Crippen molar-refractivity contribution >= 4 is 5.97 Å². The van der Waals surface area contributed by atoms with Crippen LogP contribution in [0.1, 0.15) is 13.3 Å². The Hall–Kier alpha value is -0.610. The fourth-order valence-corrected chi connectivity index (χ4v) is 1.65. The molecule has 0 amide bonds. The molecular weight excluding hydrogens is 180 g/mol. The third-order valence-electron chi connectivity index (χ3n) is 2.47. The lowest BCUT2D eigenvalue weighted by atomic mass is 10.4. The van der Waals surface area contributed by atoms with Crippen molar-refractivity contribution in [2.24, 2.45) is 0 Å². The first kappa shape index (κ1) is 11.5. The molecule has 0 unspecified atom stereocenters. The Bertz CT molecular complexity index is 185. The minimum absolute atomic E-state index is 0.1000. The van der Waals surface area contributed by atoms with Crippen molar-refractivity contribution in [3.05, 3.63) is 0 Å². The van der Waals surface area contributed by atoms with Crippen molar-refractivity contribution in [3.8, 4) is 0 Å². The number of ether oxygens (including phenoxy) is 1. The van der Waals surface area contributed by atoms with E-state index in [1.807, 2.05) is 6.92 Å². The first-order valence-corrected chi connectivity index (χ1v) is 5.29. The highest BCUT2D eigenvalue weighted by atomic mass is 16.5. The van der Waals surface area contributed by atoms with E-state index in [1.54, 1.807) is 0 Å². The number of carbonyl (C=O) groups is 1. The SMILES string of the molecule is CCOC(=O)CN1CCCN(C)CC1. The van der Waals surface area contributed by atoms with Crippen LogP contribution in [0.2, 0.25) is 0 Å². The Kier molecular flexibility index (Phi) is 4.90. The molecule has 1 aliphatic rings. The van der Waals surface area contributed by atoms with Gasteiger partial charge in [-0.15, -0.1) is 0 Å². The van der Waals surface area contributed by atoms with Gasteiger partial charge in [-0.1, -0.05) is 0 Å². The molecule has 0 aliphatic carbocycles. The molecule has 4 nitrogen and oxygen atoms in total. The van der Waals surface area contributed by atoms with Crippen LogP contribution in [0.15, 0.2) is 0 Å². The van der Waals surface area contributed by atoms with E-state index in [0.29, 0.717) is 13.2 Å². The van der Waals surface area contributed by atoms with Crippen LogP contribution in [0.4, 0.5) is 0 Å². The highest BCUT2D eigenvalue weighted by Crippen LogP contribution is 2.00. The lowest BCUT2D eigenvalue weighted by molar-refractivity contribution is -0.144. The number of rotatable bonds is 3. The van der Waals surface area contributed by atoms with Gasteiger partial charge in [0.1, 0.15) is 0 Å². The zero-order valence-corrected chi connectivity index (χ0v) is 9.16. The topological polar surface area (TPSA) is 32.8 Å². The predicted molar refractivity (Wildman–Crippen MR) is 55.2 cm³/mol. The van der Waals surface area contributed by atoms with Crippen LogP contribution in [0.5, 0.6) is 0 Å². The first-order chi connectivity index (χ1) is 6.72. The van der Waals surface area contributed by atoms with Crippen LogP contribution < -0.4 is 0 Å². The monoisotopic (exact) mass is 200 g/mol. The van der Waals surface area contributed by atoms with Gasteiger partial charge in [-0.2, -0.15) is 0 Å². The molecule has 1 rings (SSSR count). The van der Waals surface area contributed by atoms with Crippen molar-refractivity contribution in [3.63, 3.8) is 0 Å². The summed E-state index contributed by atoms with van der Waals surface area (Å²) >= 11 is 0. The van der Waals surface area contributed by atoms with E-state index in [0.717, 1.165) is 32.6 Å². The number of nitrogens with zero attached hydrogens (tertiary/aromatic N) is 2. The number of carbonyl (C=O) groups excluding carboxylic acids is 1. The van der Waals surface area contributed by atoms with Crippen LogP contribution in [-0.2, 0) is 9.53 Å². The molecule has 0 bridgehead atoms. The lowest BCUT2D eigenvalue weighted by Crippen LogP contribution is -2.34. The van der Waals surface area contributed by atoms with Gasteiger partial charge < -0.3 is 9.64 Å². The highest BCUT2D eigenvalue weighted by molar-refractivity contribution is 5.71. The van der Waals surface area contributed by atoms with Gasteiger partial charge in [-0.3, -0.25) is 9.69 Å². The largest absolute Gasteiger partial charge is 0.465 e. The van der Waals surface area contributed by atoms with Crippen molar-refractivity contribution in [2.45, 2.75) is 13.3 Å². The molecule has 0 radical (unpaired) electrons. The summed E-state index contributed by atoms with van der Waals surface area (Å²) in [5.41, 5.74) is 0. The summed E-state index contributed by atoms with van der Waals surface area (Å²) in [7, 11) is 2.12. The molecule has 1 aliphatic heterocycles. The average molecular weight is 200 g/mol. The third-order valence-corrected chi connectivity index (χ3v) is 2.47. The quantitative estimate of drug-likeness (QED) is 0.609. The maximum atomic E-state index is 11.2. The number of hydrogen-bond acceptors (Lipinski definition) is 4. The molecular formula is C10H20N2O2. The molecule has 14 heavy (non-hydrogen) atoms. The molecule has 0 saturated carbocycles. The zero-order valence-electron chi connectivity index (χ0n) is 9.16. The summed E-state index contributed by atoms with van der Waals surface area (Å²) in [6, 6.07) is 0. The minimum Gasteiger partial charge on any atom is -0.465 e. The molecule has 0 N–H and O–H groups in total. The number of hydrogen-bond donors (Lipinski definition) is 0. The van der Waals surface area contributed by atoms with Crippen LogP contribution in [0.25, 0.3) is 0 Å². The van der Waals surface area contributed by atoms with E-state index in [-0.39, 0.29) is 5.97 Å². The second kappa shape index (κ2) is 5.98. The van der Waals surface area contributed by atoms with Gasteiger partial charge in [0.15, 0.2) is 0 Å². The van der Waals surface area contributed by atoms with Crippen LogP contribution in [-0.4, -0.2) is 62.1 Å². The Balaban J connectivity index is 2.26. The van der Waals surface area contributed by atoms with Crippen LogP contribution in [0, 0.1) is 0 Å². The first-order valence-electron chi connectivity index (χ1n) is 5.29. The molecule has 0 aromatic carbocycles. The molecule has 0 aromatic rings. The summed E-state index contributed by atoms with van der Waals surface area (Å²) in [5, 5.41) is 0. The smallest absolute Gasteiger partial charge is 0.320 e. The minimum atomic E-state index is -0.1000. The molecule has 1 fully saturated rings. The Morgan fingerprint density at radius 1 is 1.29 bits per heavy atom. The van der Waals surface area contributed by atoms with Gasteiger partial charge in [-0.25, -0.2) is 0 Å². The second-order valence-corrected chi connectivity index (χ2v) is 3.74. The predicted octanol–water partition coefficient (Wildman–Crippen LogP) is 0.187. The summed E-state index contributed by atoms with van der Waals surface area (Å²) < 4.78 is 4.92. The maximum Gasteiger partial charge on any atom is 0.320 e. The fraction of sp³-hybridized carbons (Fsp3) is 0.900. The summed E-state index contributed by atoms with van der Waals surface area (Å²) in [6.45, 7) is 6.90. The molecule has 4 heteroatoms. The normalized spacial score (nSPS) is 20.4. The van der Waals surface area contributed by atoms with Gasteiger partial charge in [0.25, 0.3) is 0 Å². The van der Waals surface area contributed by atoms with E-state index in [1.165, 1.54) is 0 Å². The second-order valence-electron chi connectivity index (χ2n) is 3.74. The van der Waals surface area contributed by atoms with Gasteiger partial charge in [0.05, 0.1) is 13.2 Å². The van der Waals surface area contributed by atoms with Crippen molar-refractivity contribution in [1.82, 2.24) is 9.80 Å². The molecule has 82 valence electrons. The van der Waals surface area contributed by atoms with Crippen LogP contribution >= 0.6 is 0 Å².